The molecule has 1 heterocycles. The van der Waals surface area contributed by atoms with Gasteiger partial charge in [-0.1, -0.05) is 0 Å². The van der Waals surface area contributed by atoms with E-state index in [1.54, 1.807) is 19.9 Å². The molecule has 0 bridgehead atoms. The predicted octanol–water partition coefficient (Wildman–Crippen LogP) is 2.35. The molecule has 0 aliphatic heterocycles. The fraction of sp³-hybridized carbons (Fsp3) is 0.545. The highest BCUT2D eigenvalue weighted by Crippen LogP contribution is 2.20. The molecular weight excluding hydrogens is 251 g/mol. The van der Waals surface area contributed by atoms with E-state index in [1.807, 2.05) is 0 Å². The normalized spacial score (nSPS) is 12.1. The zero-order chi connectivity index (χ0) is 13.9. The Kier molecular flexibility index (Phi) is 4.39. The molecule has 4 nitrogen and oxygen atoms in total. The van der Waals surface area contributed by atoms with Gasteiger partial charge in [-0.2, -0.15) is 13.2 Å². The number of hydrogen-bond donors (Lipinski definition) is 1. The van der Waals surface area contributed by atoms with Crippen molar-refractivity contribution >= 4 is 5.97 Å². The topological polar surface area (TPSA) is 53.7 Å². The second-order valence-electron chi connectivity index (χ2n) is 4.09. The second-order valence-corrected chi connectivity index (χ2v) is 4.09. The number of aliphatic carboxylic acids is 1. The van der Waals surface area contributed by atoms with Crippen molar-refractivity contribution in [1.82, 2.24) is 4.90 Å². The number of carbonyl (C=O) groups is 1. The van der Waals surface area contributed by atoms with Crippen LogP contribution in [0.2, 0.25) is 0 Å². The lowest BCUT2D eigenvalue weighted by Crippen LogP contribution is -2.37. The molecule has 0 aliphatic carbocycles. The van der Waals surface area contributed by atoms with E-state index in [4.69, 9.17) is 9.52 Å². The third-order valence-electron chi connectivity index (χ3n) is 2.30. The van der Waals surface area contributed by atoms with Crippen molar-refractivity contribution in [3.05, 3.63) is 23.2 Å². The first-order valence-corrected chi connectivity index (χ1v) is 5.24. The first-order chi connectivity index (χ1) is 8.17. The van der Waals surface area contributed by atoms with Crippen LogP contribution < -0.4 is 0 Å². The summed E-state index contributed by atoms with van der Waals surface area (Å²) in [6, 6.07) is 1.61. The predicted molar refractivity (Wildman–Crippen MR) is 57.1 cm³/mol. The molecule has 0 aromatic carbocycles. The maximum atomic E-state index is 12.3. The molecular formula is C11H14F3NO3. The van der Waals surface area contributed by atoms with Crippen LogP contribution in [0.25, 0.3) is 0 Å². The Hall–Kier alpha value is -1.50. The van der Waals surface area contributed by atoms with Gasteiger partial charge in [0, 0.05) is 12.1 Å². The van der Waals surface area contributed by atoms with Crippen LogP contribution in [0.5, 0.6) is 0 Å². The Morgan fingerprint density at radius 1 is 1.44 bits per heavy atom. The van der Waals surface area contributed by atoms with Crippen LogP contribution in [0.1, 0.15) is 17.1 Å². The summed E-state index contributed by atoms with van der Waals surface area (Å²) in [6.45, 7) is 1.29. The fourth-order valence-corrected chi connectivity index (χ4v) is 1.69. The molecule has 0 atom stereocenters. The average molecular weight is 265 g/mol. The van der Waals surface area contributed by atoms with Crippen LogP contribution in [0.4, 0.5) is 13.2 Å². The minimum atomic E-state index is -4.43. The van der Waals surface area contributed by atoms with E-state index in [9.17, 15) is 18.0 Å². The van der Waals surface area contributed by atoms with Gasteiger partial charge >= 0.3 is 12.1 Å². The van der Waals surface area contributed by atoms with Crippen molar-refractivity contribution in [1.29, 1.82) is 0 Å². The van der Waals surface area contributed by atoms with Gasteiger partial charge in [-0.05, 0) is 19.9 Å². The second kappa shape index (κ2) is 5.43. The van der Waals surface area contributed by atoms with E-state index < -0.39 is 25.2 Å². The molecule has 1 N–H and O–H groups in total. The molecule has 0 unspecified atom stereocenters. The zero-order valence-corrected chi connectivity index (χ0v) is 10.0. The SMILES string of the molecule is Cc1cc(CN(CC(=O)O)CC(F)(F)F)c(C)o1. The summed E-state index contributed by atoms with van der Waals surface area (Å²) in [5.74, 6) is -0.202. The van der Waals surface area contributed by atoms with Crippen molar-refractivity contribution < 1.29 is 27.5 Å². The maximum Gasteiger partial charge on any atom is 0.401 e. The highest BCUT2D eigenvalue weighted by atomic mass is 19.4. The first-order valence-electron chi connectivity index (χ1n) is 5.24. The molecule has 0 saturated carbocycles. The Labute approximate surface area is 102 Å². The molecule has 1 aromatic rings. The molecule has 1 rings (SSSR count). The standard InChI is InChI=1S/C11H14F3NO3/c1-7-3-9(8(2)18-7)4-15(5-10(16)17)6-11(12,13)14/h3H,4-6H2,1-2H3,(H,16,17). The van der Waals surface area contributed by atoms with E-state index in [0.29, 0.717) is 17.1 Å². The number of halogens is 3. The molecule has 0 spiro atoms. The maximum absolute atomic E-state index is 12.3. The summed E-state index contributed by atoms with van der Waals surface area (Å²) < 4.78 is 42.1. The first kappa shape index (κ1) is 14.6. The van der Waals surface area contributed by atoms with Crippen LogP contribution in [0.3, 0.4) is 0 Å². The Bertz CT molecular complexity index is 426. The van der Waals surface area contributed by atoms with Gasteiger partial charge in [0.05, 0.1) is 13.1 Å². The largest absolute Gasteiger partial charge is 0.480 e. The van der Waals surface area contributed by atoms with Crippen LogP contribution in [-0.2, 0) is 11.3 Å². The Morgan fingerprint density at radius 2 is 2.06 bits per heavy atom. The number of rotatable bonds is 5. The van der Waals surface area contributed by atoms with Crippen molar-refractivity contribution in [3.63, 3.8) is 0 Å². The van der Waals surface area contributed by atoms with Crippen molar-refractivity contribution in [3.8, 4) is 0 Å². The number of nitrogens with zero attached hydrogens (tertiary/aromatic N) is 1. The van der Waals surface area contributed by atoms with Crippen molar-refractivity contribution in [2.75, 3.05) is 13.1 Å². The van der Waals surface area contributed by atoms with Gasteiger partial charge in [-0.15, -0.1) is 0 Å². The molecule has 0 amide bonds. The van der Waals surface area contributed by atoms with Crippen LogP contribution in [0, 0.1) is 13.8 Å². The van der Waals surface area contributed by atoms with E-state index in [-0.39, 0.29) is 6.54 Å². The zero-order valence-electron chi connectivity index (χ0n) is 10.0. The van der Waals surface area contributed by atoms with E-state index >= 15 is 0 Å². The van der Waals surface area contributed by atoms with E-state index in [1.165, 1.54) is 0 Å². The van der Waals surface area contributed by atoms with Crippen LogP contribution >= 0.6 is 0 Å². The lowest BCUT2D eigenvalue weighted by atomic mass is 10.2. The van der Waals surface area contributed by atoms with E-state index in [0.717, 1.165) is 4.90 Å². The van der Waals surface area contributed by atoms with Gasteiger partial charge < -0.3 is 9.52 Å². The molecule has 1 aromatic heterocycles. The number of hydrogen-bond acceptors (Lipinski definition) is 3. The van der Waals surface area contributed by atoms with E-state index in [2.05, 4.69) is 0 Å². The monoisotopic (exact) mass is 265 g/mol. The summed E-state index contributed by atoms with van der Waals surface area (Å²) in [4.78, 5) is 11.4. The van der Waals surface area contributed by atoms with Gasteiger partial charge in [0.1, 0.15) is 11.5 Å². The van der Waals surface area contributed by atoms with Crippen LogP contribution in [-0.4, -0.2) is 35.2 Å². The summed E-state index contributed by atoms with van der Waals surface area (Å²) in [7, 11) is 0. The lowest BCUT2D eigenvalue weighted by Gasteiger charge is -2.21. The highest BCUT2D eigenvalue weighted by Gasteiger charge is 2.31. The summed E-state index contributed by atoms with van der Waals surface area (Å²) in [5, 5.41) is 8.60. The third kappa shape index (κ3) is 4.79. The van der Waals surface area contributed by atoms with Gasteiger partial charge in [0.25, 0.3) is 0 Å². The average Bonchev–Trinajstić information content (AvgIpc) is 2.40. The number of alkyl halides is 3. The van der Waals surface area contributed by atoms with Gasteiger partial charge in [-0.3, -0.25) is 9.69 Å². The number of carboxylic acids is 1. The van der Waals surface area contributed by atoms with Crippen molar-refractivity contribution in [2.24, 2.45) is 0 Å². The van der Waals surface area contributed by atoms with Crippen molar-refractivity contribution in [2.45, 2.75) is 26.6 Å². The molecule has 0 fully saturated rings. The molecule has 102 valence electrons. The minimum Gasteiger partial charge on any atom is -0.480 e. The highest BCUT2D eigenvalue weighted by molar-refractivity contribution is 5.69. The molecule has 18 heavy (non-hydrogen) atoms. The number of aryl methyl sites for hydroxylation is 2. The Balaban J connectivity index is 2.78. The number of furan rings is 1. The minimum absolute atomic E-state index is 0.102. The molecule has 0 aliphatic rings. The molecule has 7 heteroatoms. The summed E-state index contributed by atoms with van der Waals surface area (Å²) in [5.41, 5.74) is 0.568. The third-order valence-corrected chi connectivity index (χ3v) is 2.30. The smallest absolute Gasteiger partial charge is 0.401 e. The number of carboxylic acid groups (broad SMARTS) is 1. The van der Waals surface area contributed by atoms with Crippen LogP contribution in [0.15, 0.2) is 10.5 Å². The van der Waals surface area contributed by atoms with Gasteiger partial charge in [-0.25, -0.2) is 0 Å². The Morgan fingerprint density at radius 3 is 2.44 bits per heavy atom. The van der Waals surface area contributed by atoms with Gasteiger partial charge in [0.15, 0.2) is 0 Å². The fourth-order valence-electron chi connectivity index (χ4n) is 1.69. The molecule has 0 radical (unpaired) electrons. The lowest BCUT2D eigenvalue weighted by molar-refractivity contribution is -0.154. The van der Waals surface area contributed by atoms with Gasteiger partial charge in [0.2, 0.25) is 0 Å². The summed E-state index contributed by atoms with van der Waals surface area (Å²) in [6.07, 6.45) is -4.43. The summed E-state index contributed by atoms with van der Waals surface area (Å²) >= 11 is 0. The quantitative estimate of drug-likeness (QED) is 0.887. The molecule has 0 saturated heterocycles.